The van der Waals surface area contributed by atoms with Gasteiger partial charge in [0.05, 0.1) is 15.6 Å². The first-order valence-electron chi connectivity index (χ1n) is 5.04. The molecule has 0 amide bonds. The summed E-state index contributed by atoms with van der Waals surface area (Å²) in [4.78, 5) is -0.291. The molecule has 0 unspecified atom stereocenters. The maximum absolute atomic E-state index is 12.2. The van der Waals surface area contributed by atoms with Gasteiger partial charge in [0, 0.05) is 7.05 Å². The van der Waals surface area contributed by atoms with Gasteiger partial charge in [-0.15, -0.1) is 0 Å². The van der Waals surface area contributed by atoms with Crippen LogP contribution in [0.3, 0.4) is 0 Å². The Balaban J connectivity index is 3.25. The van der Waals surface area contributed by atoms with Crippen LogP contribution in [0.2, 0.25) is 5.02 Å². The number of halogens is 4. The maximum atomic E-state index is 12.2. The minimum Gasteiger partial charge on any atom is -0.397 e. The fourth-order valence-electron chi connectivity index (χ4n) is 1.45. The van der Waals surface area contributed by atoms with Crippen LogP contribution in [0, 0.1) is 6.92 Å². The van der Waals surface area contributed by atoms with Gasteiger partial charge >= 0.3 is 6.18 Å². The van der Waals surface area contributed by atoms with Crippen molar-refractivity contribution in [2.45, 2.75) is 18.0 Å². The number of hydrogen-bond acceptors (Lipinski definition) is 3. The fraction of sp³-hybridized carbons (Fsp3) is 0.400. The number of benzene rings is 1. The predicted molar refractivity (Wildman–Crippen MR) is 66.5 cm³/mol. The third-order valence-electron chi connectivity index (χ3n) is 2.38. The summed E-state index contributed by atoms with van der Waals surface area (Å²) < 4.78 is 61.0. The Hall–Kier alpha value is -0.990. The molecule has 1 aromatic rings. The van der Waals surface area contributed by atoms with Crippen molar-refractivity contribution in [3.05, 3.63) is 22.7 Å². The Morgan fingerprint density at radius 1 is 1.37 bits per heavy atom. The second-order valence-corrected chi connectivity index (χ2v) is 6.44. The van der Waals surface area contributed by atoms with E-state index in [-0.39, 0.29) is 25.5 Å². The molecule has 0 heterocycles. The Morgan fingerprint density at radius 3 is 2.37 bits per heavy atom. The molecule has 0 aromatic heterocycles. The van der Waals surface area contributed by atoms with E-state index in [0.717, 1.165) is 13.1 Å². The fourth-order valence-corrected chi connectivity index (χ4v) is 3.06. The molecule has 108 valence electrons. The van der Waals surface area contributed by atoms with Gasteiger partial charge in [-0.1, -0.05) is 11.6 Å². The molecule has 0 fully saturated rings. The molecule has 9 heteroatoms. The van der Waals surface area contributed by atoms with Crippen LogP contribution in [-0.4, -0.2) is 32.5 Å². The van der Waals surface area contributed by atoms with Crippen molar-refractivity contribution in [1.82, 2.24) is 4.31 Å². The zero-order valence-corrected chi connectivity index (χ0v) is 11.7. The van der Waals surface area contributed by atoms with Crippen molar-refractivity contribution < 1.29 is 21.6 Å². The second-order valence-electron chi connectivity index (χ2n) is 4.02. The lowest BCUT2D eigenvalue weighted by atomic mass is 10.2. The van der Waals surface area contributed by atoms with E-state index < -0.39 is 22.7 Å². The summed E-state index contributed by atoms with van der Waals surface area (Å²) in [7, 11) is -3.41. The molecule has 0 aliphatic carbocycles. The van der Waals surface area contributed by atoms with Gasteiger partial charge < -0.3 is 5.73 Å². The van der Waals surface area contributed by atoms with Crippen molar-refractivity contribution in [2.75, 3.05) is 19.3 Å². The minimum atomic E-state index is -4.62. The highest BCUT2D eigenvalue weighted by Gasteiger charge is 2.35. The SMILES string of the molecule is Cc1cc(Cl)c(N)cc1S(=O)(=O)N(C)CC(F)(F)F. The molecule has 4 nitrogen and oxygen atoms in total. The van der Waals surface area contributed by atoms with E-state index in [1.54, 1.807) is 0 Å². The maximum Gasteiger partial charge on any atom is 0.402 e. The molecule has 19 heavy (non-hydrogen) atoms. The van der Waals surface area contributed by atoms with E-state index in [1.165, 1.54) is 13.0 Å². The topological polar surface area (TPSA) is 63.4 Å². The highest BCUT2D eigenvalue weighted by atomic mass is 35.5. The van der Waals surface area contributed by atoms with Gasteiger partial charge in [-0.2, -0.15) is 17.5 Å². The van der Waals surface area contributed by atoms with Crippen LogP contribution >= 0.6 is 11.6 Å². The average molecular weight is 317 g/mol. The highest BCUT2D eigenvalue weighted by molar-refractivity contribution is 7.89. The van der Waals surface area contributed by atoms with E-state index >= 15 is 0 Å². The quantitative estimate of drug-likeness (QED) is 0.871. The van der Waals surface area contributed by atoms with E-state index in [4.69, 9.17) is 17.3 Å². The molecule has 0 aliphatic rings. The number of hydrogen-bond donors (Lipinski definition) is 1. The summed E-state index contributed by atoms with van der Waals surface area (Å²) in [6, 6.07) is 2.35. The first-order chi connectivity index (χ1) is 8.45. The molecule has 0 atom stereocenters. The van der Waals surface area contributed by atoms with Crippen LogP contribution in [0.4, 0.5) is 18.9 Å². The predicted octanol–water partition coefficient (Wildman–Crippen LogP) is 2.41. The molecule has 2 N–H and O–H groups in total. The first-order valence-corrected chi connectivity index (χ1v) is 6.85. The van der Waals surface area contributed by atoms with Gasteiger partial charge in [-0.3, -0.25) is 0 Å². The van der Waals surface area contributed by atoms with E-state index in [0.29, 0.717) is 0 Å². The van der Waals surface area contributed by atoms with E-state index in [9.17, 15) is 21.6 Å². The lowest BCUT2D eigenvalue weighted by molar-refractivity contribution is -0.134. The standard InChI is InChI=1S/C10H12ClF3N2O2S/c1-6-3-7(11)8(15)4-9(6)19(17,18)16(2)5-10(12,13)14/h3-4H,5,15H2,1-2H3. The molecule has 1 aromatic carbocycles. The number of nitrogens with two attached hydrogens (primary N) is 1. The van der Waals surface area contributed by atoms with Gasteiger partial charge in [-0.05, 0) is 24.6 Å². The monoisotopic (exact) mass is 316 g/mol. The number of sulfonamides is 1. The van der Waals surface area contributed by atoms with Crippen molar-refractivity contribution in [3.63, 3.8) is 0 Å². The average Bonchev–Trinajstić information content (AvgIpc) is 2.20. The lowest BCUT2D eigenvalue weighted by Gasteiger charge is -2.20. The zero-order valence-electron chi connectivity index (χ0n) is 10.1. The Morgan fingerprint density at radius 2 is 1.89 bits per heavy atom. The molecule has 0 bridgehead atoms. The second kappa shape index (κ2) is 5.18. The molecule has 0 spiro atoms. The normalized spacial score (nSPS) is 13.0. The Kier molecular flexibility index (Phi) is 4.38. The van der Waals surface area contributed by atoms with Gasteiger partial charge in [0.1, 0.15) is 6.54 Å². The van der Waals surface area contributed by atoms with Gasteiger partial charge in [-0.25, -0.2) is 8.42 Å². The number of rotatable bonds is 3. The van der Waals surface area contributed by atoms with Gasteiger partial charge in [0.15, 0.2) is 0 Å². The largest absolute Gasteiger partial charge is 0.402 e. The smallest absolute Gasteiger partial charge is 0.397 e. The van der Waals surface area contributed by atoms with E-state index in [2.05, 4.69) is 0 Å². The molecule has 0 saturated carbocycles. The van der Waals surface area contributed by atoms with Crippen LogP contribution in [-0.2, 0) is 10.0 Å². The van der Waals surface area contributed by atoms with Crippen LogP contribution in [0.1, 0.15) is 5.56 Å². The molecule has 0 radical (unpaired) electrons. The summed E-state index contributed by atoms with van der Waals surface area (Å²) in [6.45, 7) is -0.142. The van der Waals surface area contributed by atoms with Crippen LogP contribution in [0.25, 0.3) is 0 Å². The van der Waals surface area contributed by atoms with Gasteiger partial charge in [0.2, 0.25) is 10.0 Å². The summed E-state index contributed by atoms with van der Waals surface area (Å²) in [5.74, 6) is 0. The lowest BCUT2D eigenvalue weighted by Crippen LogP contribution is -2.36. The summed E-state index contributed by atoms with van der Waals surface area (Å²) in [5.41, 5.74) is 5.70. The number of nitrogens with zero attached hydrogens (tertiary/aromatic N) is 1. The van der Waals surface area contributed by atoms with Crippen LogP contribution in [0.15, 0.2) is 17.0 Å². The number of nitrogen functional groups attached to an aromatic ring is 1. The minimum absolute atomic E-state index is 0.00810. The zero-order chi connectivity index (χ0) is 15.0. The first kappa shape index (κ1) is 16.1. The van der Waals surface area contributed by atoms with Gasteiger partial charge in [0.25, 0.3) is 0 Å². The van der Waals surface area contributed by atoms with Crippen molar-refractivity contribution in [1.29, 1.82) is 0 Å². The van der Waals surface area contributed by atoms with Crippen LogP contribution in [0.5, 0.6) is 0 Å². The Labute approximate surface area is 114 Å². The van der Waals surface area contributed by atoms with Crippen molar-refractivity contribution in [2.24, 2.45) is 0 Å². The summed E-state index contributed by atoms with van der Waals surface area (Å²) in [5, 5.41) is 0.148. The molecule has 1 rings (SSSR count). The molecular formula is C10H12ClF3N2O2S. The van der Waals surface area contributed by atoms with Crippen molar-refractivity contribution in [3.8, 4) is 0 Å². The highest BCUT2D eigenvalue weighted by Crippen LogP contribution is 2.29. The third-order valence-corrected chi connectivity index (χ3v) is 4.66. The molecular weight excluding hydrogens is 305 g/mol. The number of anilines is 1. The molecule has 0 saturated heterocycles. The Bertz CT molecular complexity index is 587. The third kappa shape index (κ3) is 3.74. The van der Waals surface area contributed by atoms with E-state index in [1.807, 2.05) is 0 Å². The molecule has 0 aliphatic heterocycles. The number of aryl methyl sites for hydroxylation is 1. The van der Waals surface area contributed by atoms with Crippen molar-refractivity contribution >= 4 is 27.3 Å². The summed E-state index contributed by atoms with van der Waals surface area (Å²) >= 11 is 5.71. The van der Waals surface area contributed by atoms with Crippen LogP contribution < -0.4 is 5.73 Å². The summed E-state index contributed by atoms with van der Waals surface area (Å²) in [6.07, 6.45) is -4.62. The number of alkyl halides is 3.